The van der Waals surface area contributed by atoms with E-state index in [0.29, 0.717) is 12.3 Å². The van der Waals surface area contributed by atoms with Crippen LogP contribution < -0.4 is 4.74 Å². The minimum Gasteiger partial charge on any atom is -0.497 e. The number of hydrogen-bond donors (Lipinski definition) is 0. The van der Waals surface area contributed by atoms with Crippen molar-refractivity contribution in [2.75, 3.05) is 26.8 Å². The summed E-state index contributed by atoms with van der Waals surface area (Å²) >= 11 is 0. The highest BCUT2D eigenvalue weighted by Crippen LogP contribution is 2.32. The van der Waals surface area contributed by atoms with E-state index >= 15 is 0 Å². The Morgan fingerprint density at radius 1 is 1.13 bits per heavy atom. The van der Waals surface area contributed by atoms with Gasteiger partial charge in [0.05, 0.1) is 12.7 Å². The van der Waals surface area contributed by atoms with Crippen LogP contribution in [0, 0.1) is 5.92 Å². The summed E-state index contributed by atoms with van der Waals surface area (Å²) in [6.45, 7) is 8.63. The average Bonchev–Trinajstić information content (AvgIpc) is 2.78. The molecule has 0 aliphatic carbocycles. The molecule has 1 heterocycles. The van der Waals surface area contributed by atoms with Crippen molar-refractivity contribution in [2.24, 2.45) is 5.92 Å². The average molecular weight is 424 g/mol. The molecule has 2 atom stereocenters. The molecule has 3 rings (SSSR count). The molecule has 4 heteroatoms. The van der Waals surface area contributed by atoms with Gasteiger partial charge in [0.15, 0.2) is 0 Å². The van der Waals surface area contributed by atoms with Crippen LogP contribution in [0.3, 0.4) is 0 Å². The number of rotatable bonds is 9. The minimum atomic E-state index is -0.0977. The molecule has 1 amide bonds. The molecule has 4 nitrogen and oxygen atoms in total. The molecule has 168 valence electrons. The van der Waals surface area contributed by atoms with E-state index in [4.69, 9.17) is 9.47 Å². The predicted octanol–water partition coefficient (Wildman–Crippen LogP) is 5.66. The topological polar surface area (TPSA) is 38.8 Å². The van der Waals surface area contributed by atoms with E-state index < -0.39 is 0 Å². The first-order chi connectivity index (χ1) is 14.9. The molecule has 0 bridgehead atoms. The van der Waals surface area contributed by atoms with Gasteiger partial charge in [-0.05, 0) is 62.3 Å². The van der Waals surface area contributed by atoms with Crippen molar-refractivity contribution < 1.29 is 14.3 Å². The molecule has 0 radical (unpaired) electrons. The highest BCUT2D eigenvalue weighted by atomic mass is 16.5. The quantitative estimate of drug-likeness (QED) is 0.522. The zero-order valence-corrected chi connectivity index (χ0v) is 19.5. The zero-order valence-electron chi connectivity index (χ0n) is 19.5. The highest BCUT2D eigenvalue weighted by molar-refractivity contribution is 5.75. The van der Waals surface area contributed by atoms with Gasteiger partial charge in [-0.25, -0.2) is 0 Å². The summed E-state index contributed by atoms with van der Waals surface area (Å²) in [5.74, 6) is 1.84. The number of ether oxygens (including phenoxy) is 2. The van der Waals surface area contributed by atoms with E-state index in [1.54, 1.807) is 7.11 Å². The van der Waals surface area contributed by atoms with E-state index in [-0.39, 0.29) is 17.4 Å². The standard InChI is InChI=1S/C27H37NO3/c1-5-26(29)28(20-21-16-18-31-27(2,3)19-21)17-15-25(22-9-7-6-8-10-22)23-11-13-24(30-4)14-12-23/h6-14,21,25H,5,15-20H2,1-4H3/t21-,25-/m1/s1. The maximum absolute atomic E-state index is 12.8. The Balaban J connectivity index is 1.75. The Morgan fingerprint density at radius 2 is 1.81 bits per heavy atom. The Bertz CT molecular complexity index is 816. The van der Waals surface area contributed by atoms with E-state index in [9.17, 15) is 4.79 Å². The maximum Gasteiger partial charge on any atom is 0.222 e. The van der Waals surface area contributed by atoms with Gasteiger partial charge in [0.1, 0.15) is 5.75 Å². The van der Waals surface area contributed by atoms with Crippen LogP contribution in [-0.2, 0) is 9.53 Å². The summed E-state index contributed by atoms with van der Waals surface area (Å²) in [5.41, 5.74) is 2.44. The van der Waals surface area contributed by atoms with Crippen molar-refractivity contribution in [2.45, 2.75) is 58.0 Å². The Hall–Kier alpha value is -2.33. The van der Waals surface area contributed by atoms with Gasteiger partial charge in [-0.1, -0.05) is 49.4 Å². The molecule has 1 fully saturated rings. The Labute approximate surface area is 187 Å². The normalized spacial score (nSPS) is 18.9. The summed E-state index contributed by atoms with van der Waals surface area (Å²) in [6.07, 6.45) is 3.47. The lowest BCUT2D eigenvalue weighted by Crippen LogP contribution is -2.42. The molecule has 2 aromatic rings. The largest absolute Gasteiger partial charge is 0.497 e. The van der Waals surface area contributed by atoms with Gasteiger partial charge < -0.3 is 14.4 Å². The van der Waals surface area contributed by atoms with E-state index in [0.717, 1.165) is 44.7 Å². The van der Waals surface area contributed by atoms with Crippen molar-refractivity contribution in [3.63, 3.8) is 0 Å². The Morgan fingerprint density at radius 3 is 2.42 bits per heavy atom. The lowest BCUT2D eigenvalue weighted by molar-refractivity contribution is -0.133. The summed E-state index contributed by atoms with van der Waals surface area (Å²) in [6, 6.07) is 18.9. The summed E-state index contributed by atoms with van der Waals surface area (Å²) in [7, 11) is 1.69. The number of hydrogen-bond acceptors (Lipinski definition) is 3. The minimum absolute atomic E-state index is 0.0977. The molecular weight excluding hydrogens is 386 g/mol. The number of methoxy groups -OCH3 is 1. The van der Waals surface area contributed by atoms with Gasteiger partial charge in [-0.3, -0.25) is 4.79 Å². The third-order valence-electron chi connectivity index (χ3n) is 6.34. The second-order valence-electron chi connectivity index (χ2n) is 9.19. The lowest BCUT2D eigenvalue weighted by atomic mass is 9.86. The first-order valence-electron chi connectivity index (χ1n) is 11.5. The summed E-state index contributed by atoms with van der Waals surface area (Å²) in [5, 5.41) is 0. The molecule has 0 spiro atoms. The van der Waals surface area contributed by atoms with Crippen molar-refractivity contribution in [1.82, 2.24) is 4.90 Å². The molecule has 0 N–H and O–H groups in total. The number of amides is 1. The summed E-state index contributed by atoms with van der Waals surface area (Å²) in [4.78, 5) is 14.9. The fraction of sp³-hybridized carbons (Fsp3) is 0.519. The van der Waals surface area contributed by atoms with E-state index in [2.05, 4.69) is 55.1 Å². The van der Waals surface area contributed by atoms with Crippen LogP contribution in [0.25, 0.3) is 0 Å². The maximum atomic E-state index is 12.8. The van der Waals surface area contributed by atoms with E-state index in [1.807, 2.05) is 25.1 Å². The van der Waals surface area contributed by atoms with Crippen LogP contribution >= 0.6 is 0 Å². The predicted molar refractivity (Wildman–Crippen MR) is 126 cm³/mol. The molecule has 2 aromatic carbocycles. The molecule has 0 saturated carbocycles. The van der Waals surface area contributed by atoms with Gasteiger partial charge in [0.2, 0.25) is 5.91 Å². The molecule has 0 aromatic heterocycles. The third-order valence-corrected chi connectivity index (χ3v) is 6.34. The van der Waals surface area contributed by atoms with Gasteiger partial charge in [0.25, 0.3) is 0 Å². The highest BCUT2D eigenvalue weighted by Gasteiger charge is 2.31. The van der Waals surface area contributed by atoms with Crippen molar-refractivity contribution in [3.8, 4) is 5.75 Å². The van der Waals surface area contributed by atoms with Crippen LogP contribution in [0.2, 0.25) is 0 Å². The van der Waals surface area contributed by atoms with Gasteiger partial charge in [-0.15, -0.1) is 0 Å². The lowest BCUT2D eigenvalue weighted by Gasteiger charge is -2.38. The fourth-order valence-corrected chi connectivity index (χ4v) is 4.70. The number of benzene rings is 2. The summed E-state index contributed by atoms with van der Waals surface area (Å²) < 4.78 is 11.2. The third kappa shape index (κ3) is 6.57. The van der Waals surface area contributed by atoms with Crippen LogP contribution in [0.1, 0.15) is 63.5 Å². The monoisotopic (exact) mass is 423 g/mol. The van der Waals surface area contributed by atoms with Gasteiger partial charge in [-0.2, -0.15) is 0 Å². The number of carbonyl (C=O) groups excluding carboxylic acids is 1. The van der Waals surface area contributed by atoms with Crippen LogP contribution in [0.15, 0.2) is 54.6 Å². The number of carbonyl (C=O) groups is 1. The SMILES string of the molecule is CCC(=O)N(CC[C@H](c1ccccc1)c1ccc(OC)cc1)C[C@@H]1CCOC(C)(C)C1. The molecule has 31 heavy (non-hydrogen) atoms. The molecular formula is C27H37NO3. The van der Waals surface area contributed by atoms with Crippen molar-refractivity contribution in [3.05, 3.63) is 65.7 Å². The van der Waals surface area contributed by atoms with Crippen LogP contribution in [-0.4, -0.2) is 43.2 Å². The first kappa shape index (κ1) is 23.3. The van der Waals surface area contributed by atoms with Gasteiger partial charge in [0, 0.05) is 32.0 Å². The first-order valence-corrected chi connectivity index (χ1v) is 11.5. The smallest absolute Gasteiger partial charge is 0.222 e. The Kier molecular flexibility index (Phi) is 8.14. The second kappa shape index (κ2) is 10.8. The van der Waals surface area contributed by atoms with Crippen LogP contribution in [0.4, 0.5) is 0 Å². The molecule has 1 saturated heterocycles. The van der Waals surface area contributed by atoms with E-state index in [1.165, 1.54) is 11.1 Å². The van der Waals surface area contributed by atoms with Crippen molar-refractivity contribution in [1.29, 1.82) is 0 Å². The molecule has 1 aliphatic rings. The van der Waals surface area contributed by atoms with Crippen LogP contribution in [0.5, 0.6) is 5.75 Å². The molecule has 0 unspecified atom stereocenters. The molecule has 1 aliphatic heterocycles. The second-order valence-corrected chi connectivity index (χ2v) is 9.19. The zero-order chi connectivity index (χ0) is 22.3. The van der Waals surface area contributed by atoms with Gasteiger partial charge >= 0.3 is 0 Å². The van der Waals surface area contributed by atoms with Crippen molar-refractivity contribution >= 4 is 5.91 Å². The fourth-order valence-electron chi connectivity index (χ4n) is 4.70. The number of nitrogens with zero attached hydrogens (tertiary/aromatic N) is 1.